The van der Waals surface area contributed by atoms with Gasteiger partial charge in [-0.15, -0.1) is 0 Å². The number of carbonyl (C=O) groups excluding carboxylic acids is 1. The number of carboxylic acid groups (broad SMARTS) is 1. The van der Waals surface area contributed by atoms with Crippen molar-refractivity contribution in [2.75, 3.05) is 12.0 Å². The van der Waals surface area contributed by atoms with E-state index in [0.29, 0.717) is 11.4 Å². The molecule has 3 aromatic rings. The lowest BCUT2D eigenvalue weighted by Crippen LogP contribution is -2.32. The molecule has 0 bridgehead atoms. The van der Waals surface area contributed by atoms with Crippen LogP contribution in [0.1, 0.15) is 38.7 Å². The molecule has 174 valence electrons. The number of benzene rings is 1. The van der Waals surface area contributed by atoms with Crippen molar-refractivity contribution in [3.05, 3.63) is 59.8 Å². The molecule has 1 N–H and O–H groups in total. The Hall–Kier alpha value is -3.88. The minimum Gasteiger partial charge on any atom is -0.497 e. The van der Waals surface area contributed by atoms with Gasteiger partial charge in [0.1, 0.15) is 5.75 Å². The van der Waals surface area contributed by atoms with Crippen LogP contribution in [-0.4, -0.2) is 43.4 Å². The van der Waals surface area contributed by atoms with Crippen LogP contribution in [0.5, 0.6) is 5.75 Å². The minimum absolute atomic E-state index is 0.0789. The Balaban J connectivity index is 2.01. The monoisotopic (exact) mass is 452 g/mol. The minimum atomic E-state index is -1.14. The Morgan fingerprint density at radius 1 is 1.30 bits per heavy atom. The van der Waals surface area contributed by atoms with Gasteiger partial charge in [-0.05, 0) is 43.2 Å². The summed E-state index contributed by atoms with van der Waals surface area (Å²) in [7, 11) is 3.25. The number of ether oxygens (including phenoxy) is 1. The third kappa shape index (κ3) is 5.68. The summed E-state index contributed by atoms with van der Waals surface area (Å²) in [5.74, 6) is -0.283. The number of hydrogen-bond acceptors (Lipinski definition) is 5. The van der Waals surface area contributed by atoms with E-state index in [1.165, 1.54) is 15.7 Å². The first-order chi connectivity index (χ1) is 16.1. The van der Waals surface area contributed by atoms with Gasteiger partial charge < -0.3 is 14.4 Å². The highest BCUT2D eigenvalue weighted by atomic mass is 16.5. The SMILES string of the molecule is [2H]C(c1ncn(-c2ccc(OC)cc2)c1C)N(C(=O)CC(C)C)c1cc(C=CC(=O)O)n(C)n1. The van der Waals surface area contributed by atoms with Crippen molar-refractivity contribution in [1.82, 2.24) is 19.3 Å². The predicted molar refractivity (Wildman–Crippen MR) is 125 cm³/mol. The van der Waals surface area contributed by atoms with Crippen molar-refractivity contribution >= 4 is 23.8 Å². The third-order valence-electron chi connectivity index (χ3n) is 5.04. The number of imidazole rings is 1. The number of aromatic nitrogens is 4. The number of nitrogens with zero attached hydrogens (tertiary/aromatic N) is 5. The normalized spacial score (nSPS) is 12.7. The Morgan fingerprint density at radius 2 is 2.00 bits per heavy atom. The van der Waals surface area contributed by atoms with Gasteiger partial charge in [0.25, 0.3) is 0 Å². The number of aliphatic carboxylic acids is 1. The molecule has 3 rings (SSSR count). The fourth-order valence-electron chi connectivity index (χ4n) is 3.29. The standard InChI is InChI=1S/C24H29N5O4/c1-16(2)12-23(30)28(22-13-19(27(4)26-22)8-11-24(31)32)14-21-17(3)29(15-25-21)18-6-9-20(33-5)10-7-18/h6-11,13,15-16H,12,14H2,1-5H3,(H,31,32)/i14D. The molecule has 0 spiro atoms. The van der Waals surface area contributed by atoms with Crippen molar-refractivity contribution in [2.45, 2.75) is 33.7 Å². The lowest BCUT2D eigenvalue weighted by molar-refractivity contribution is -0.131. The third-order valence-corrected chi connectivity index (χ3v) is 5.04. The summed E-state index contributed by atoms with van der Waals surface area (Å²) < 4.78 is 17.5. The second kappa shape index (κ2) is 10.2. The molecule has 9 nitrogen and oxygen atoms in total. The summed E-state index contributed by atoms with van der Waals surface area (Å²) in [6.45, 7) is 4.56. The molecule has 2 aromatic heterocycles. The van der Waals surface area contributed by atoms with Crippen LogP contribution in [0.3, 0.4) is 0 Å². The summed E-state index contributed by atoms with van der Waals surface area (Å²) in [5, 5.41) is 13.3. The first kappa shape index (κ1) is 22.3. The van der Waals surface area contributed by atoms with Crippen LogP contribution in [0.25, 0.3) is 11.8 Å². The summed E-state index contributed by atoms with van der Waals surface area (Å²) in [4.78, 5) is 29.9. The highest BCUT2D eigenvalue weighted by molar-refractivity contribution is 5.93. The van der Waals surface area contributed by atoms with Crippen LogP contribution in [-0.2, 0) is 23.2 Å². The van der Waals surface area contributed by atoms with E-state index in [-0.39, 0.29) is 24.1 Å². The maximum absolute atomic E-state index is 13.2. The molecular weight excluding hydrogens is 422 g/mol. The van der Waals surface area contributed by atoms with E-state index in [0.717, 1.165) is 23.2 Å². The number of carbonyl (C=O) groups is 2. The van der Waals surface area contributed by atoms with Gasteiger partial charge in [0.2, 0.25) is 5.91 Å². The molecule has 0 fully saturated rings. The molecular formula is C24H29N5O4. The molecule has 0 saturated heterocycles. The summed E-state index contributed by atoms with van der Waals surface area (Å²) in [5.41, 5.74) is 2.48. The molecule has 1 atom stereocenters. The average molecular weight is 453 g/mol. The highest BCUT2D eigenvalue weighted by Gasteiger charge is 2.23. The Morgan fingerprint density at radius 3 is 2.61 bits per heavy atom. The fraction of sp³-hybridized carbons (Fsp3) is 0.333. The van der Waals surface area contributed by atoms with Crippen LogP contribution >= 0.6 is 0 Å². The number of aryl methyl sites for hydroxylation is 1. The maximum Gasteiger partial charge on any atom is 0.328 e. The molecule has 1 aromatic carbocycles. The van der Waals surface area contributed by atoms with Crippen molar-refractivity contribution in [3.8, 4) is 11.4 Å². The lowest BCUT2D eigenvalue weighted by atomic mass is 10.1. The van der Waals surface area contributed by atoms with Crippen LogP contribution in [0.15, 0.2) is 42.7 Å². The quantitative estimate of drug-likeness (QED) is 0.498. The first-order valence-electron chi connectivity index (χ1n) is 11.1. The van der Waals surface area contributed by atoms with Crippen molar-refractivity contribution in [3.63, 3.8) is 0 Å². The first-order valence-corrected chi connectivity index (χ1v) is 10.5. The number of hydrogen-bond donors (Lipinski definition) is 1. The molecule has 0 aliphatic carbocycles. The van der Waals surface area contributed by atoms with E-state index < -0.39 is 12.5 Å². The molecule has 0 aliphatic heterocycles. The van der Waals surface area contributed by atoms with Crippen molar-refractivity contribution < 1.29 is 20.8 Å². The molecule has 0 radical (unpaired) electrons. The zero-order valence-electron chi connectivity index (χ0n) is 20.4. The van der Waals surface area contributed by atoms with E-state index in [2.05, 4.69) is 10.1 Å². The molecule has 9 heteroatoms. The number of anilines is 1. The summed E-state index contributed by atoms with van der Waals surface area (Å²) in [6.07, 6.45) is 4.25. The van der Waals surface area contributed by atoms with E-state index >= 15 is 0 Å². The largest absolute Gasteiger partial charge is 0.497 e. The van der Waals surface area contributed by atoms with Gasteiger partial charge in [-0.1, -0.05) is 13.8 Å². The molecule has 2 heterocycles. The topological polar surface area (TPSA) is 102 Å². The van der Waals surface area contributed by atoms with Gasteiger partial charge in [0, 0.05) is 37.0 Å². The number of rotatable bonds is 9. The second-order valence-corrected chi connectivity index (χ2v) is 8.00. The van der Waals surface area contributed by atoms with Crippen LogP contribution in [0, 0.1) is 12.8 Å². The average Bonchev–Trinajstić information content (AvgIpc) is 3.34. The van der Waals surface area contributed by atoms with Crippen LogP contribution in [0.2, 0.25) is 0 Å². The number of carboxylic acids is 1. The number of amides is 1. The Labute approximate surface area is 194 Å². The van der Waals surface area contributed by atoms with Gasteiger partial charge in [0.15, 0.2) is 5.82 Å². The van der Waals surface area contributed by atoms with Gasteiger partial charge in [0.05, 0.1) is 32.7 Å². The predicted octanol–water partition coefficient (Wildman–Crippen LogP) is 3.60. The molecule has 1 unspecified atom stereocenters. The highest BCUT2D eigenvalue weighted by Crippen LogP contribution is 2.23. The van der Waals surface area contributed by atoms with Crippen molar-refractivity contribution in [1.29, 1.82) is 0 Å². The molecule has 1 amide bonds. The smallest absolute Gasteiger partial charge is 0.328 e. The van der Waals surface area contributed by atoms with E-state index in [1.54, 1.807) is 26.6 Å². The second-order valence-electron chi connectivity index (χ2n) is 8.00. The molecule has 0 saturated carbocycles. The lowest BCUT2D eigenvalue weighted by Gasteiger charge is -2.21. The molecule has 0 aliphatic rings. The summed E-state index contributed by atoms with van der Waals surface area (Å²) >= 11 is 0. The maximum atomic E-state index is 13.2. The summed E-state index contributed by atoms with van der Waals surface area (Å²) in [6, 6.07) is 9.04. The van der Waals surface area contributed by atoms with Gasteiger partial charge in [-0.2, -0.15) is 5.10 Å². The van der Waals surface area contributed by atoms with Crippen LogP contribution in [0.4, 0.5) is 5.82 Å². The number of methoxy groups -OCH3 is 1. The fourth-order valence-corrected chi connectivity index (χ4v) is 3.29. The zero-order chi connectivity index (χ0) is 25.0. The zero-order valence-corrected chi connectivity index (χ0v) is 19.4. The van der Waals surface area contributed by atoms with Gasteiger partial charge >= 0.3 is 5.97 Å². The Bertz CT molecular complexity index is 1200. The van der Waals surface area contributed by atoms with Crippen LogP contribution < -0.4 is 9.64 Å². The van der Waals surface area contributed by atoms with Crippen molar-refractivity contribution in [2.24, 2.45) is 13.0 Å². The van der Waals surface area contributed by atoms with E-state index in [9.17, 15) is 9.59 Å². The van der Waals surface area contributed by atoms with Gasteiger partial charge in [-0.25, -0.2) is 9.78 Å². The molecule has 33 heavy (non-hydrogen) atoms. The van der Waals surface area contributed by atoms with E-state index in [1.807, 2.05) is 49.6 Å². The van der Waals surface area contributed by atoms with E-state index in [4.69, 9.17) is 11.2 Å². The van der Waals surface area contributed by atoms with Gasteiger partial charge in [-0.3, -0.25) is 14.4 Å². The Kier molecular flexibility index (Phi) is 6.87.